The third-order valence-corrected chi connectivity index (χ3v) is 4.47. The van der Waals surface area contributed by atoms with E-state index in [2.05, 4.69) is 5.32 Å². The van der Waals surface area contributed by atoms with Gasteiger partial charge in [0.1, 0.15) is 5.75 Å². The van der Waals surface area contributed by atoms with Crippen molar-refractivity contribution in [2.45, 2.75) is 18.9 Å². The summed E-state index contributed by atoms with van der Waals surface area (Å²) in [6, 6.07) is 6.80. The molecule has 0 aliphatic carbocycles. The van der Waals surface area contributed by atoms with E-state index in [9.17, 15) is 14.4 Å². The molecule has 0 aromatic heterocycles. The highest BCUT2D eigenvalue weighted by molar-refractivity contribution is 5.88. The van der Waals surface area contributed by atoms with Crippen LogP contribution in [0.2, 0.25) is 0 Å². The van der Waals surface area contributed by atoms with Crippen LogP contribution < -0.4 is 15.8 Å². The van der Waals surface area contributed by atoms with Gasteiger partial charge in [-0.2, -0.15) is 0 Å². The van der Waals surface area contributed by atoms with Crippen LogP contribution >= 0.6 is 0 Å². The van der Waals surface area contributed by atoms with Crippen molar-refractivity contribution in [1.29, 1.82) is 0 Å². The van der Waals surface area contributed by atoms with E-state index in [1.165, 1.54) is 0 Å². The third kappa shape index (κ3) is 4.51. The lowest BCUT2D eigenvalue weighted by atomic mass is 9.83. The molecule has 0 radical (unpaired) electrons. The number of carbonyl (C=O) groups excluding carboxylic acids is 3. The number of nitrogens with two attached hydrogens (primary N) is 1. The summed E-state index contributed by atoms with van der Waals surface area (Å²) in [6.45, 7) is 0.477. The number of benzene rings is 1. The number of carbonyl (C=O) groups is 3. The molecule has 8 nitrogen and oxygen atoms in total. The van der Waals surface area contributed by atoms with E-state index in [-0.39, 0.29) is 24.8 Å². The van der Waals surface area contributed by atoms with Gasteiger partial charge in [0.05, 0.1) is 32.2 Å². The Morgan fingerprint density at radius 3 is 2.69 bits per heavy atom. The predicted octanol–water partition coefficient (Wildman–Crippen LogP) is 0.223. The van der Waals surface area contributed by atoms with Crippen LogP contribution in [0.1, 0.15) is 24.4 Å². The Hall–Kier alpha value is -2.61. The number of methoxy groups -OCH3 is 2. The van der Waals surface area contributed by atoms with Crippen molar-refractivity contribution in [2.24, 2.45) is 11.7 Å². The van der Waals surface area contributed by atoms with Gasteiger partial charge < -0.3 is 25.4 Å². The summed E-state index contributed by atoms with van der Waals surface area (Å²) in [5, 5.41) is 2.56. The summed E-state index contributed by atoms with van der Waals surface area (Å²) in [6.07, 6.45) is 0.639. The van der Waals surface area contributed by atoms with Crippen molar-refractivity contribution in [1.82, 2.24) is 10.2 Å². The molecule has 2 atom stereocenters. The Labute approximate surface area is 152 Å². The number of rotatable bonds is 8. The van der Waals surface area contributed by atoms with E-state index in [1.807, 2.05) is 18.2 Å². The van der Waals surface area contributed by atoms with Crippen molar-refractivity contribution >= 4 is 17.7 Å². The van der Waals surface area contributed by atoms with Gasteiger partial charge in [-0.1, -0.05) is 18.2 Å². The van der Waals surface area contributed by atoms with E-state index in [1.54, 1.807) is 25.2 Å². The lowest BCUT2D eigenvalue weighted by Gasteiger charge is -2.41. The Kier molecular flexibility index (Phi) is 6.97. The third-order valence-electron chi connectivity index (χ3n) is 4.47. The highest BCUT2D eigenvalue weighted by Gasteiger charge is 2.41. The van der Waals surface area contributed by atoms with Crippen LogP contribution in [0, 0.1) is 5.92 Å². The van der Waals surface area contributed by atoms with Gasteiger partial charge in [-0.25, -0.2) is 0 Å². The SMILES string of the molecule is COCCN1C(=O)CC[C@@H](C(=O)NCC(N)=O)[C@@H]1c1ccccc1OC. The summed E-state index contributed by atoms with van der Waals surface area (Å²) < 4.78 is 10.6. The Bertz CT molecular complexity index is 664. The monoisotopic (exact) mass is 363 g/mol. The van der Waals surface area contributed by atoms with Crippen molar-refractivity contribution < 1.29 is 23.9 Å². The number of ether oxygens (including phenoxy) is 2. The number of piperidine rings is 1. The molecule has 0 bridgehead atoms. The molecule has 142 valence electrons. The molecule has 0 spiro atoms. The minimum atomic E-state index is -0.615. The maximum absolute atomic E-state index is 12.7. The van der Waals surface area contributed by atoms with Gasteiger partial charge in [-0.15, -0.1) is 0 Å². The standard InChI is InChI=1S/C18H25N3O5/c1-25-10-9-21-16(23)8-7-13(18(24)20-11-15(19)22)17(21)12-5-3-4-6-14(12)26-2/h3-6,13,17H,7-11H2,1-2H3,(H2,19,22)(H,20,24)/t13-,17+/m1/s1. The molecule has 1 fully saturated rings. The number of likely N-dealkylation sites (tertiary alicyclic amines) is 1. The van der Waals surface area contributed by atoms with Crippen LogP contribution in [0.3, 0.4) is 0 Å². The largest absolute Gasteiger partial charge is 0.496 e. The maximum Gasteiger partial charge on any atom is 0.236 e. The number of primary amides is 1. The minimum Gasteiger partial charge on any atom is -0.496 e. The predicted molar refractivity (Wildman–Crippen MR) is 94.3 cm³/mol. The normalized spacial score (nSPS) is 19.9. The number of nitrogens with zero attached hydrogens (tertiary/aromatic N) is 1. The quantitative estimate of drug-likeness (QED) is 0.686. The topological polar surface area (TPSA) is 111 Å². The minimum absolute atomic E-state index is 0.0445. The van der Waals surface area contributed by atoms with Gasteiger partial charge in [-0.3, -0.25) is 14.4 Å². The van der Waals surface area contributed by atoms with Gasteiger partial charge in [0.25, 0.3) is 0 Å². The van der Waals surface area contributed by atoms with Crippen LogP contribution in [0.15, 0.2) is 24.3 Å². The van der Waals surface area contributed by atoms with Crippen LogP contribution in [0.4, 0.5) is 0 Å². The second-order valence-corrected chi connectivity index (χ2v) is 6.10. The Morgan fingerprint density at radius 1 is 1.31 bits per heavy atom. The van der Waals surface area contributed by atoms with E-state index in [4.69, 9.17) is 15.2 Å². The summed E-state index contributed by atoms with van der Waals surface area (Å²) in [5.74, 6) is -0.885. The fraction of sp³-hybridized carbons (Fsp3) is 0.500. The zero-order valence-electron chi connectivity index (χ0n) is 15.1. The maximum atomic E-state index is 12.7. The summed E-state index contributed by atoms with van der Waals surface area (Å²) in [4.78, 5) is 37.9. The Balaban J connectivity index is 2.39. The van der Waals surface area contributed by atoms with Crippen LogP contribution in [0.5, 0.6) is 5.75 Å². The smallest absolute Gasteiger partial charge is 0.236 e. The highest BCUT2D eigenvalue weighted by Crippen LogP contribution is 2.40. The molecule has 1 aromatic rings. The molecule has 0 unspecified atom stereocenters. The first-order valence-corrected chi connectivity index (χ1v) is 8.47. The van der Waals surface area contributed by atoms with Crippen LogP contribution in [-0.2, 0) is 19.1 Å². The van der Waals surface area contributed by atoms with E-state index >= 15 is 0 Å². The fourth-order valence-corrected chi connectivity index (χ4v) is 3.28. The molecule has 8 heteroatoms. The highest BCUT2D eigenvalue weighted by atomic mass is 16.5. The zero-order valence-corrected chi connectivity index (χ0v) is 15.1. The van der Waals surface area contributed by atoms with Crippen molar-refractivity contribution in [3.63, 3.8) is 0 Å². The molecule has 1 aliphatic heterocycles. The van der Waals surface area contributed by atoms with Crippen LogP contribution in [-0.4, -0.2) is 56.5 Å². The van der Waals surface area contributed by atoms with Crippen molar-refractivity contribution in [3.8, 4) is 5.75 Å². The second kappa shape index (κ2) is 9.19. The molecule has 1 saturated heterocycles. The van der Waals surface area contributed by atoms with E-state index in [0.29, 0.717) is 25.3 Å². The second-order valence-electron chi connectivity index (χ2n) is 6.10. The first-order valence-electron chi connectivity index (χ1n) is 8.47. The lowest BCUT2D eigenvalue weighted by molar-refractivity contribution is -0.144. The van der Waals surface area contributed by atoms with Crippen LogP contribution in [0.25, 0.3) is 0 Å². The molecule has 26 heavy (non-hydrogen) atoms. The molecule has 1 heterocycles. The zero-order chi connectivity index (χ0) is 19.1. The summed E-state index contributed by atoms with van der Waals surface area (Å²) >= 11 is 0. The molecule has 3 N–H and O–H groups in total. The Morgan fingerprint density at radius 2 is 2.04 bits per heavy atom. The number of amides is 3. The first-order chi connectivity index (χ1) is 12.5. The molecule has 1 aromatic carbocycles. The summed E-state index contributed by atoms with van der Waals surface area (Å²) in [5.41, 5.74) is 5.87. The first kappa shape index (κ1) is 19.7. The van der Waals surface area contributed by atoms with Crippen molar-refractivity contribution in [3.05, 3.63) is 29.8 Å². The molecular formula is C18H25N3O5. The average Bonchev–Trinajstić information content (AvgIpc) is 2.64. The van der Waals surface area contributed by atoms with E-state index < -0.39 is 17.9 Å². The van der Waals surface area contributed by atoms with Gasteiger partial charge in [-0.05, 0) is 12.5 Å². The van der Waals surface area contributed by atoms with Crippen molar-refractivity contribution in [2.75, 3.05) is 33.9 Å². The number of para-hydroxylation sites is 1. The number of hydrogen-bond donors (Lipinski definition) is 2. The van der Waals surface area contributed by atoms with Gasteiger partial charge in [0.2, 0.25) is 17.7 Å². The molecule has 3 amide bonds. The number of nitrogens with one attached hydrogen (secondary N) is 1. The molecular weight excluding hydrogens is 338 g/mol. The molecule has 1 aliphatic rings. The molecule has 0 saturated carbocycles. The number of hydrogen-bond acceptors (Lipinski definition) is 5. The summed E-state index contributed by atoms with van der Waals surface area (Å²) in [7, 11) is 3.11. The lowest BCUT2D eigenvalue weighted by Crippen LogP contribution is -2.50. The average molecular weight is 363 g/mol. The van der Waals surface area contributed by atoms with Gasteiger partial charge in [0.15, 0.2) is 0 Å². The fourth-order valence-electron chi connectivity index (χ4n) is 3.28. The van der Waals surface area contributed by atoms with Gasteiger partial charge in [0, 0.05) is 25.6 Å². The van der Waals surface area contributed by atoms with E-state index in [0.717, 1.165) is 5.56 Å². The molecule has 2 rings (SSSR count). The van der Waals surface area contributed by atoms with Gasteiger partial charge >= 0.3 is 0 Å².